The first-order chi connectivity index (χ1) is 13.6. The Morgan fingerprint density at radius 1 is 1.07 bits per heavy atom. The third-order valence-electron chi connectivity index (χ3n) is 2.81. The van der Waals surface area contributed by atoms with E-state index >= 15 is 0 Å². The smallest absolute Gasteiger partial charge is 0.384 e. The van der Waals surface area contributed by atoms with E-state index in [-0.39, 0.29) is 6.61 Å². The molecule has 160 valence electrons. The highest BCUT2D eigenvalue weighted by Crippen LogP contribution is 2.27. The predicted molar refractivity (Wildman–Crippen MR) is 90.9 cm³/mol. The Labute approximate surface area is 162 Å². The van der Waals surface area contributed by atoms with Gasteiger partial charge in [-0.1, -0.05) is 25.5 Å². The van der Waals surface area contributed by atoms with Gasteiger partial charge in [-0.25, -0.2) is 4.79 Å². The lowest BCUT2D eigenvalue weighted by molar-refractivity contribution is -0.605. The molecule has 2 aromatic heterocycles. The van der Waals surface area contributed by atoms with Gasteiger partial charge in [-0.2, -0.15) is 31.1 Å². The molecule has 29 heavy (non-hydrogen) atoms. The van der Waals surface area contributed by atoms with Crippen molar-refractivity contribution >= 4 is 5.97 Å². The van der Waals surface area contributed by atoms with Gasteiger partial charge in [0.15, 0.2) is 12.4 Å². The van der Waals surface area contributed by atoms with Gasteiger partial charge in [0.25, 0.3) is 0 Å². The molecule has 0 fully saturated rings. The van der Waals surface area contributed by atoms with Crippen LogP contribution in [0.15, 0.2) is 67.2 Å². The third-order valence-corrected chi connectivity index (χ3v) is 2.81. The zero-order valence-corrected chi connectivity index (χ0v) is 15.2. The molecule has 0 unspecified atom stereocenters. The van der Waals surface area contributed by atoms with Crippen LogP contribution in [0.5, 0.6) is 0 Å². The molecular weight excluding hydrogens is 406 g/mol. The molecule has 2 aromatic rings. The zero-order valence-electron chi connectivity index (χ0n) is 15.2. The maximum Gasteiger partial charge on any atom is 0.384 e. The summed E-state index contributed by atoms with van der Waals surface area (Å²) in [5.41, 5.74) is -0.587. The highest BCUT2D eigenvalue weighted by atomic mass is 19.3. The zero-order chi connectivity index (χ0) is 22.3. The molecule has 11 heteroatoms. The van der Waals surface area contributed by atoms with Gasteiger partial charge in [0.2, 0.25) is 0 Å². The number of hydrogen-bond acceptors (Lipinski definition) is 4. The summed E-state index contributed by atoms with van der Waals surface area (Å²) in [5.74, 6) is -5.21. The first kappa shape index (κ1) is 25.9. The summed E-state index contributed by atoms with van der Waals surface area (Å²) in [7, 11) is 0. The van der Waals surface area contributed by atoms with Crippen molar-refractivity contribution in [3.8, 4) is 0 Å². The molecule has 5 nitrogen and oxygen atoms in total. The van der Waals surface area contributed by atoms with Crippen molar-refractivity contribution in [3.05, 3.63) is 78.1 Å². The monoisotopic (exact) mass is 424 g/mol. The van der Waals surface area contributed by atoms with Crippen LogP contribution < -0.4 is 4.73 Å². The van der Waals surface area contributed by atoms with Gasteiger partial charge < -0.3 is 9.94 Å². The van der Waals surface area contributed by atoms with Crippen LogP contribution in [0.25, 0.3) is 0 Å². The lowest BCUT2D eigenvalue weighted by Gasteiger charge is -2.14. The van der Waals surface area contributed by atoms with Crippen LogP contribution in [0.3, 0.4) is 0 Å². The Morgan fingerprint density at radius 2 is 1.66 bits per heavy atom. The van der Waals surface area contributed by atoms with E-state index in [0.29, 0.717) is 6.42 Å². The minimum absolute atomic E-state index is 0.0117. The minimum atomic E-state index is -3.67. The Morgan fingerprint density at radius 3 is 2.03 bits per heavy atom. The van der Waals surface area contributed by atoms with Crippen molar-refractivity contribution in [2.24, 2.45) is 0 Å². The summed E-state index contributed by atoms with van der Waals surface area (Å²) >= 11 is 0. The Bertz CT molecular complexity index is 728. The molecule has 0 saturated heterocycles. The van der Waals surface area contributed by atoms with Gasteiger partial charge in [-0.05, 0) is 18.6 Å². The van der Waals surface area contributed by atoms with E-state index in [1.165, 1.54) is 30.7 Å². The topological polar surface area (TPSA) is 66.1 Å². The number of hydrogen-bond donors (Lipinski definition) is 0. The van der Waals surface area contributed by atoms with Crippen LogP contribution in [0.2, 0.25) is 0 Å². The van der Waals surface area contributed by atoms with Crippen LogP contribution in [0, 0.1) is 5.21 Å². The number of rotatable bonds is 5. The second-order valence-corrected chi connectivity index (χ2v) is 5.04. The van der Waals surface area contributed by atoms with Gasteiger partial charge in [-0.15, -0.1) is 0 Å². The first-order valence-electron chi connectivity index (χ1n) is 8.09. The fraction of sp³-hybridized carbons (Fsp3) is 0.278. The van der Waals surface area contributed by atoms with Crippen LogP contribution >= 0.6 is 0 Å². The molecule has 0 atom stereocenters. The largest absolute Gasteiger partial charge is 0.619 e. The van der Waals surface area contributed by atoms with Crippen molar-refractivity contribution < 1.29 is 40.6 Å². The predicted octanol–water partition coefficient (Wildman–Crippen LogP) is 4.83. The highest BCUT2D eigenvalue weighted by molar-refractivity contribution is 5.78. The molecule has 0 spiro atoms. The fourth-order valence-electron chi connectivity index (χ4n) is 1.44. The first-order valence-corrected chi connectivity index (χ1v) is 8.09. The number of carbonyl (C=O) groups excluding carboxylic acids is 1. The van der Waals surface area contributed by atoms with Gasteiger partial charge in [0.05, 0.1) is 6.61 Å². The van der Waals surface area contributed by atoms with Gasteiger partial charge in [-0.3, -0.25) is 4.98 Å². The summed E-state index contributed by atoms with van der Waals surface area (Å²) in [6, 6.07) is 9.17. The summed E-state index contributed by atoms with van der Waals surface area (Å²) < 4.78 is 73.3. The summed E-state index contributed by atoms with van der Waals surface area (Å²) in [4.78, 5) is 14.6. The maximum atomic E-state index is 13.4. The van der Waals surface area contributed by atoms with Crippen LogP contribution in [-0.4, -0.2) is 17.6 Å². The van der Waals surface area contributed by atoms with Crippen molar-refractivity contribution in [1.29, 1.82) is 0 Å². The number of halogens is 6. The number of carbonyl (C=O) groups is 1. The Hall–Kier alpha value is -3.11. The molecule has 0 saturated carbocycles. The van der Waals surface area contributed by atoms with Crippen molar-refractivity contribution in [2.75, 3.05) is 6.61 Å². The van der Waals surface area contributed by atoms with E-state index in [0.717, 1.165) is 17.2 Å². The van der Waals surface area contributed by atoms with E-state index in [9.17, 15) is 36.3 Å². The van der Waals surface area contributed by atoms with Crippen molar-refractivity contribution in [1.82, 2.24) is 4.98 Å². The molecule has 2 heterocycles. The fourth-order valence-corrected chi connectivity index (χ4v) is 1.44. The molecule has 0 radical (unpaired) electrons. The third kappa shape index (κ3) is 11.4. The SMILES string of the molecule is CCCCOC(=O)C(F)(F)c1ccccn1.FC(F)=C(F)F.[O-][n+]1ccccc1. The summed E-state index contributed by atoms with van der Waals surface area (Å²) in [6.07, 6.45) is -0.361. The molecule has 0 N–H and O–H groups in total. The Kier molecular flexibility index (Phi) is 12.5. The normalized spacial score (nSPS) is 9.90. The molecule has 0 amide bonds. The van der Waals surface area contributed by atoms with Crippen molar-refractivity contribution in [3.63, 3.8) is 0 Å². The molecule has 0 aliphatic carbocycles. The van der Waals surface area contributed by atoms with Crippen molar-refractivity contribution in [2.45, 2.75) is 25.7 Å². The van der Waals surface area contributed by atoms with E-state index in [1.807, 2.05) is 6.92 Å². The maximum absolute atomic E-state index is 13.4. The standard InChI is InChI=1S/C11H13F2NO2.C5H5NO.C2F4/c1-2-3-8-16-10(15)11(12,13)9-6-4-5-7-14-9;7-6-4-2-1-3-5-6;3-1(4)2(5)6/h4-7H,2-3,8H2,1H3;1-5H;. The number of unbranched alkanes of at least 4 members (excludes halogenated alkanes) is 1. The Balaban J connectivity index is 0.000000495. The summed E-state index contributed by atoms with van der Waals surface area (Å²) in [6.45, 7) is 1.89. The molecule has 0 aromatic carbocycles. The van der Waals surface area contributed by atoms with Crippen LogP contribution in [0.4, 0.5) is 26.3 Å². The summed E-state index contributed by atoms with van der Waals surface area (Å²) in [5, 5.41) is 10.2. The molecule has 0 aliphatic heterocycles. The molecular formula is C18H18F6N2O3. The van der Waals surface area contributed by atoms with E-state index in [4.69, 9.17) is 0 Å². The average molecular weight is 424 g/mol. The van der Waals surface area contributed by atoms with Gasteiger partial charge in [0, 0.05) is 18.3 Å². The number of alkyl halides is 2. The molecule has 0 aliphatic rings. The van der Waals surface area contributed by atoms with Gasteiger partial charge >= 0.3 is 24.1 Å². The number of ether oxygens (including phenoxy) is 1. The second kappa shape index (κ2) is 14.0. The van der Waals surface area contributed by atoms with E-state index in [2.05, 4.69) is 9.72 Å². The number of esters is 1. The highest BCUT2D eigenvalue weighted by Gasteiger charge is 2.44. The van der Waals surface area contributed by atoms with Gasteiger partial charge in [0.1, 0.15) is 5.69 Å². The van der Waals surface area contributed by atoms with E-state index < -0.39 is 29.7 Å². The number of nitrogens with zero attached hydrogens (tertiary/aromatic N) is 2. The van der Waals surface area contributed by atoms with Crippen LogP contribution in [0.1, 0.15) is 25.5 Å². The quantitative estimate of drug-likeness (QED) is 0.227. The lowest BCUT2D eigenvalue weighted by Crippen LogP contribution is -2.29. The number of aromatic nitrogens is 2. The van der Waals surface area contributed by atoms with Crippen LogP contribution in [-0.2, 0) is 15.5 Å². The second-order valence-electron chi connectivity index (χ2n) is 5.04. The minimum Gasteiger partial charge on any atom is -0.619 e. The lowest BCUT2D eigenvalue weighted by atomic mass is 10.2. The average Bonchev–Trinajstić information content (AvgIpc) is 2.70. The molecule has 0 bridgehead atoms. The molecule has 2 rings (SSSR count). The van der Waals surface area contributed by atoms with E-state index in [1.54, 1.807) is 18.2 Å². The number of pyridine rings is 2.